The Morgan fingerprint density at radius 1 is 1.07 bits per heavy atom. The van der Waals surface area contributed by atoms with Gasteiger partial charge in [-0.2, -0.15) is 0 Å². The number of rotatable bonds is 6. The molecule has 0 atom stereocenters. The zero-order valence-electron chi connectivity index (χ0n) is 11.0. The lowest BCUT2D eigenvalue weighted by Gasteiger charge is -2.37. The SMILES string of the molecule is CCCCNCC[Si](C)(C)C(C)(C)C. The van der Waals surface area contributed by atoms with Crippen LogP contribution >= 0.6 is 0 Å². The molecule has 0 aromatic heterocycles. The van der Waals surface area contributed by atoms with E-state index in [0.717, 1.165) is 0 Å². The van der Waals surface area contributed by atoms with Gasteiger partial charge in [0.25, 0.3) is 0 Å². The van der Waals surface area contributed by atoms with Crippen molar-refractivity contribution in [1.29, 1.82) is 0 Å². The van der Waals surface area contributed by atoms with E-state index in [1.54, 1.807) is 0 Å². The molecule has 0 aliphatic carbocycles. The second kappa shape index (κ2) is 5.91. The monoisotopic (exact) mass is 215 g/mol. The Morgan fingerprint density at radius 3 is 2.07 bits per heavy atom. The molecule has 0 saturated carbocycles. The van der Waals surface area contributed by atoms with E-state index in [1.165, 1.54) is 32.0 Å². The molecule has 0 bridgehead atoms. The number of hydrogen-bond donors (Lipinski definition) is 1. The molecule has 0 aromatic carbocycles. The summed E-state index contributed by atoms with van der Waals surface area (Å²) in [5, 5.41) is 4.09. The standard InChI is InChI=1S/C12H29NSi/c1-7-8-9-13-10-11-14(5,6)12(2,3)4/h13H,7-11H2,1-6H3. The molecule has 14 heavy (non-hydrogen) atoms. The Morgan fingerprint density at radius 2 is 1.64 bits per heavy atom. The molecule has 0 saturated heterocycles. The average molecular weight is 215 g/mol. The van der Waals surface area contributed by atoms with E-state index in [0.29, 0.717) is 5.04 Å². The van der Waals surface area contributed by atoms with E-state index in [2.05, 4.69) is 46.1 Å². The summed E-state index contributed by atoms with van der Waals surface area (Å²) in [6.07, 6.45) is 2.62. The lowest BCUT2D eigenvalue weighted by atomic mass is 10.2. The zero-order chi connectivity index (χ0) is 11.2. The quantitative estimate of drug-likeness (QED) is 0.524. The fraction of sp³-hybridized carbons (Fsp3) is 1.00. The summed E-state index contributed by atoms with van der Waals surface area (Å²) in [7, 11) is -1.03. The molecular weight excluding hydrogens is 186 g/mol. The largest absolute Gasteiger partial charge is 0.317 e. The number of unbranched alkanes of at least 4 members (excludes halogenated alkanes) is 1. The van der Waals surface area contributed by atoms with Crippen molar-refractivity contribution in [1.82, 2.24) is 5.32 Å². The van der Waals surface area contributed by atoms with Crippen LogP contribution in [0.4, 0.5) is 0 Å². The predicted octanol–water partition coefficient (Wildman–Crippen LogP) is 3.88. The third-order valence-corrected chi connectivity index (χ3v) is 9.22. The van der Waals surface area contributed by atoms with Crippen LogP contribution in [0.1, 0.15) is 40.5 Å². The van der Waals surface area contributed by atoms with Gasteiger partial charge in [-0.25, -0.2) is 0 Å². The minimum atomic E-state index is -1.03. The van der Waals surface area contributed by atoms with Gasteiger partial charge < -0.3 is 5.32 Å². The lowest BCUT2D eigenvalue weighted by Crippen LogP contribution is -2.39. The average Bonchev–Trinajstić information content (AvgIpc) is 2.02. The Bertz CT molecular complexity index is 147. The Kier molecular flexibility index (Phi) is 5.99. The molecule has 0 aliphatic rings. The summed E-state index contributed by atoms with van der Waals surface area (Å²) in [6.45, 7) is 16.9. The third-order valence-electron chi connectivity index (χ3n) is 3.66. The van der Waals surface area contributed by atoms with Crippen molar-refractivity contribution >= 4 is 8.07 Å². The summed E-state index contributed by atoms with van der Waals surface area (Å²) in [6, 6.07) is 1.40. The van der Waals surface area contributed by atoms with Crippen LogP contribution in [0, 0.1) is 0 Å². The second-order valence-corrected chi connectivity index (χ2v) is 11.8. The van der Waals surface area contributed by atoms with Crippen LogP contribution in [0.2, 0.25) is 24.2 Å². The molecule has 0 aliphatic heterocycles. The molecule has 0 radical (unpaired) electrons. The molecule has 0 unspecified atom stereocenters. The van der Waals surface area contributed by atoms with E-state index in [9.17, 15) is 0 Å². The molecule has 0 aromatic rings. The molecule has 0 spiro atoms. The van der Waals surface area contributed by atoms with Crippen molar-refractivity contribution in [2.24, 2.45) is 0 Å². The van der Waals surface area contributed by atoms with Crippen molar-refractivity contribution in [3.8, 4) is 0 Å². The van der Waals surface area contributed by atoms with E-state index in [-0.39, 0.29) is 0 Å². The van der Waals surface area contributed by atoms with Gasteiger partial charge in [0, 0.05) is 0 Å². The Labute approximate surface area is 91.7 Å². The highest BCUT2D eigenvalue weighted by atomic mass is 28.3. The van der Waals surface area contributed by atoms with Crippen LogP contribution in [-0.2, 0) is 0 Å². The van der Waals surface area contributed by atoms with Crippen molar-refractivity contribution in [2.45, 2.75) is 64.7 Å². The lowest BCUT2D eigenvalue weighted by molar-refractivity contribution is 0.646. The normalized spacial score (nSPS) is 13.3. The molecule has 0 amide bonds. The molecular formula is C12H29NSi. The van der Waals surface area contributed by atoms with Gasteiger partial charge in [0.05, 0.1) is 8.07 Å². The summed E-state index contributed by atoms with van der Waals surface area (Å²) in [4.78, 5) is 0. The first-order valence-corrected chi connectivity index (χ1v) is 9.22. The number of hydrogen-bond acceptors (Lipinski definition) is 1. The van der Waals surface area contributed by atoms with E-state index >= 15 is 0 Å². The maximum absolute atomic E-state index is 3.55. The minimum absolute atomic E-state index is 0.541. The molecule has 0 rings (SSSR count). The van der Waals surface area contributed by atoms with Gasteiger partial charge in [0.15, 0.2) is 0 Å². The van der Waals surface area contributed by atoms with Crippen molar-refractivity contribution in [3.63, 3.8) is 0 Å². The van der Waals surface area contributed by atoms with Crippen LogP contribution < -0.4 is 5.32 Å². The fourth-order valence-corrected chi connectivity index (χ4v) is 2.75. The summed E-state index contributed by atoms with van der Waals surface area (Å²) in [5.41, 5.74) is 0. The summed E-state index contributed by atoms with van der Waals surface area (Å²) in [5.74, 6) is 0. The molecule has 1 N–H and O–H groups in total. The first-order valence-electron chi connectivity index (χ1n) is 6.02. The fourth-order valence-electron chi connectivity index (χ4n) is 1.20. The Hall–Kier alpha value is 0.177. The molecule has 86 valence electrons. The highest BCUT2D eigenvalue weighted by molar-refractivity contribution is 6.80. The topological polar surface area (TPSA) is 12.0 Å². The molecule has 0 heterocycles. The van der Waals surface area contributed by atoms with E-state index in [1.807, 2.05) is 0 Å². The molecule has 1 nitrogen and oxygen atoms in total. The number of nitrogens with one attached hydrogen (secondary N) is 1. The van der Waals surface area contributed by atoms with Crippen LogP contribution in [0.15, 0.2) is 0 Å². The third kappa shape index (κ3) is 5.16. The van der Waals surface area contributed by atoms with Gasteiger partial charge in [0.1, 0.15) is 0 Å². The minimum Gasteiger partial charge on any atom is -0.317 e. The van der Waals surface area contributed by atoms with Crippen LogP contribution in [-0.4, -0.2) is 21.2 Å². The second-order valence-electron chi connectivity index (χ2n) is 5.99. The molecule has 0 fully saturated rings. The predicted molar refractivity (Wildman–Crippen MR) is 69.8 cm³/mol. The van der Waals surface area contributed by atoms with Crippen molar-refractivity contribution < 1.29 is 0 Å². The molecule has 2 heteroatoms. The highest BCUT2D eigenvalue weighted by Gasteiger charge is 2.33. The smallest absolute Gasteiger partial charge is 0.0540 e. The van der Waals surface area contributed by atoms with Crippen LogP contribution in [0.5, 0.6) is 0 Å². The van der Waals surface area contributed by atoms with Gasteiger partial charge in [-0.1, -0.05) is 47.2 Å². The van der Waals surface area contributed by atoms with Crippen molar-refractivity contribution in [3.05, 3.63) is 0 Å². The van der Waals surface area contributed by atoms with Crippen molar-refractivity contribution in [2.75, 3.05) is 13.1 Å². The van der Waals surface area contributed by atoms with Crippen LogP contribution in [0.25, 0.3) is 0 Å². The zero-order valence-corrected chi connectivity index (χ0v) is 12.0. The van der Waals surface area contributed by atoms with E-state index < -0.39 is 8.07 Å². The maximum Gasteiger partial charge on any atom is 0.0540 e. The van der Waals surface area contributed by atoms with Gasteiger partial charge in [0.2, 0.25) is 0 Å². The summed E-state index contributed by atoms with van der Waals surface area (Å²) < 4.78 is 0. The van der Waals surface area contributed by atoms with Gasteiger partial charge in [-0.3, -0.25) is 0 Å². The van der Waals surface area contributed by atoms with E-state index in [4.69, 9.17) is 0 Å². The van der Waals surface area contributed by atoms with Gasteiger partial charge in [-0.05, 0) is 30.6 Å². The summed E-state index contributed by atoms with van der Waals surface area (Å²) >= 11 is 0. The Balaban J connectivity index is 3.67. The van der Waals surface area contributed by atoms with Gasteiger partial charge in [-0.15, -0.1) is 0 Å². The first kappa shape index (κ1) is 14.2. The maximum atomic E-state index is 3.55. The highest BCUT2D eigenvalue weighted by Crippen LogP contribution is 2.38. The first-order chi connectivity index (χ1) is 6.31. The van der Waals surface area contributed by atoms with Gasteiger partial charge >= 0.3 is 0 Å². The van der Waals surface area contributed by atoms with Crippen LogP contribution in [0.3, 0.4) is 0 Å².